The second-order valence-corrected chi connectivity index (χ2v) is 10.9. The molecule has 0 N–H and O–H groups in total. The maximum atomic E-state index is 14.0. The molecule has 1 aliphatic heterocycles. The third kappa shape index (κ3) is 4.60. The lowest BCUT2D eigenvalue weighted by atomic mass is 9.96. The van der Waals surface area contributed by atoms with Crippen LogP contribution < -0.4 is 14.9 Å². The van der Waals surface area contributed by atoms with Crippen molar-refractivity contribution in [2.75, 3.05) is 6.61 Å². The lowest BCUT2D eigenvalue weighted by Gasteiger charge is -2.24. The Hall–Kier alpha value is -4.34. The number of benzene rings is 2. The van der Waals surface area contributed by atoms with Crippen molar-refractivity contribution in [3.05, 3.63) is 126 Å². The average molecular weight is 553 g/mol. The highest BCUT2D eigenvalue weighted by Gasteiger charge is 2.33. The standard InChI is InChI=1S/C30H24N4O3S2/c1-3-37-29(36)25-19(2)31-30-34(27(25)20-11-6-4-7-12-20)28(35)24(39-30)17-21-18-33(22-13-8-5-9-14-22)32-26(21)23-15-10-16-38-23/h4-18,27H,3H2,1-2H3. The van der Waals surface area contributed by atoms with Crippen LogP contribution >= 0.6 is 22.7 Å². The SMILES string of the molecule is CCOC(=O)C1=C(C)N=c2sc(=Cc3cn(-c4ccccc4)nc3-c3cccs3)c(=O)n2C1c1ccccc1. The van der Waals surface area contributed by atoms with E-state index in [1.54, 1.807) is 29.8 Å². The number of thiophene rings is 1. The van der Waals surface area contributed by atoms with E-state index in [0.717, 1.165) is 27.4 Å². The normalized spacial score (nSPS) is 15.2. The lowest BCUT2D eigenvalue weighted by Crippen LogP contribution is -2.39. The smallest absolute Gasteiger partial charge is 0.338 e. The number of rotatable bonds is 6. The van der Waals surface area contributed by atoms with Crippen LogP contribution in [0.2, 0.25) is 0 Å². The van der Waals surface area contributed by atoms with Gasteiger partial charge in [-0.3, -0.25) is 9.36 Å². The van der Waals surface area contributed by atoms with Crippen LogP contribution in [-0.2, 0) is 9.53 Å². The van der Waals surface area contributed by atoms with Gasteiger partial charge >= 0.3 is 5.97 Å². The van der Waals surface area contributed by atoms with E-state index < -0.39 is 12.0 Å². The molecule has 0 aliphatic carbocycles. The Morgan fingerprint density at radius 2 is 1.79 bits per heavy atom. The van der Waals surface area contributed by atoms with Gasteiger partial charge in [0.15, 0.2) is 4.80 Å². The number of para-hydroxylation sites is 1. The summed E-state index contributed by atoms with van der Waals surface area (Å²) in [5.74, 6) is -0.467. The third-order valence-electron chi connectivity index (χ3n) is 6.44. The molecule has 0 spiro atoms. The lowest BCUT2D eigenvalue weighted by molar-refractivity contribution is -0.139. The van der Waals surface area contributed by atoms with Crippen LogP contribution in [0.15, 0.2) is 105 Å². The molecule has 0 bridgehead atoms. The average Bonchev–Trinajstić information content (AvgIpc) is 3.69. The maximum absolute atomic E-state index is 14.0. The van der Waals surface area contributed by atoms with Gasteiger partial charge in [-0.2, -0.15) is 5.10 Å². The molecule has 194 valence electrons. The molecule has 9 heteroatoms. The molecule has 7 nitrogen and oxygen atoms in total. The number of allylic oxidation sites excluding steroid dienone is 1. The van der Waals surface area contributed by atoms with Gasteiger partial charge in [-0.1, -0.05) is 65.9 Å². The maximum Gasteiger partial charge on any atom is 0.338 e. The van der Waals surface area contributed by atoms with E-state index in [1.807, 2.05) is 95.1 Å². The number of nitrogens with zero attached hydrogens (tertiary/aromatic N) is 4. The van der Waals surface area contributed by atoms with Crippen molar-refractivity contribution in [1.82, 2.24) is 14.3 Å². The van der Waals surface area contributed by atoms with E-state index in [1.165, 1.54) is 11.3 Å². The van der Waals surface area contributed by atoms with Crippen molar-refractivity contribution in [2.45, 2.75) is 19.9 Å². The van der Waals surface area contributed by atoms with Crippen LogP contribution in [0.25, 0.3) is 22.3 Å². The Balaban J connectivity index is 1.55. The van der Waals surface area contributed by atoms with Crippen molar-refractivity contribution in [3.63, 3.8) is 0 Å². The van der Waals surface area contributed by atoms with Crippen LogP contribution in [0.4, 0.5) is 0 Å². The largest absolute Gasteiger partial charge is 0.463 e. The van der Waals surface area contributed by atoms with Gasteiger partial charge in [0.1, 0.15) is 5.69 Å². The van der Waals surface area contributed by atoms with Crippen molar-refractivity contribution in [2.24, 2.45) is 4.99 Å². The van der Waals surface area contributed by atoms with Gasteiger partial charge in [0.2, 0.25) is 0 Å². The molecule has 4 heterocycles. The number of ether oxygens (including phenoxy) is 1. The minimum Gasteiger partial charge on any atom is -0.463 e. The third-order valence-corrected chi connectivity index (χ3v) is 8.30. The van der Waals surface area contributed by atoms with Crippen molar-refractivity contribution >= 4 is 34.7 Å². The second-order valence-electron chi connectivity index (χ2n) is 8.90. The molecular weight excluding hydrogens is 528 g/mol. The highest BCUT2D eigenvalue weighted by Crippen LogP contribution is 2.31. The van der Waals surface area contributed by atoms with Crippen molar-refractivity contribution in [3.8, 4) is 16.3 Å². The first-order valence-electron chi connectivity index (χ1n) is 12.5. The number of fused-ring (bicyclic) bond motifs is 1. The summed E-state index contributed by atoms with van der Waals surface area (Å²) in [5, 5.41) is 6.87. The number of hydrogen-bond acceptors (Lipinski definition) is 7. The first kappa shape index (κ1) is 25.0. The van der Waals surface area contributed by atoms with E-state index >= 15 is 0 Å². The molecule has 2 aromatic carbocycles. The zero-order chi connectivity index (χ0) is 26.9. The molecule has 0 fully saturated rings. The molecule has 1 aliphatic rings. The van der Waals surface area contributed by atoms with E-state index in [-0.39, 0.29) is 12.2 Å². The molecule has 6 rings (SSSR count). The summed E-state index contributed by atoms with van der Waals surface area (Å²) >= 11 is 2.90. The molecule has 0 amide bonds. The van der Waals surface area contributed by atoms with Gasteiger partial charge in [0, 0.05) is 11.8 Å². The first-order chi connectivity index (χ1) is 19.0. The van der Waals surface area contributed by atoms with E-state index in [2.05, 4.69) is 4.99 Å². The molecule has 39 heavy (non-hydrogen) atoms. The van der Waals surface area contributed by atoms with Gasteiger partial charge in [-0.15, -0.1) is 11.3 Å². The molecule has 1 atom stereocenters. The number of carbonyl (C=O) groups excluding carboxylic acids is 1. The Morgan fingerprint density at radius 3 is 2.49 bits per heavy atom. The Morgan fingerprint density at radius 1 is 1.05 bits per heavy atom. The van der Waals surface area contributed by atoms with Crippen LogP contribution in [0.1, 0.15) is 31.0 Å². The Bertz CT molecular complexity index is 1870. The summed E-state index contributed by atoms with van der Waals surface area (Å²) in [4.78, 5) is 33.3. The summed E-state index contributed by atoms with van der Waals surface area (Å²) in [7, 11) is 0. The van der Waals surface area contributed by atoms with E-state index in [9.17, 15) is 9.59 Å². The Kier molecular flexibility index (Phi) is 6.68. The van der Waals surface area contributed by atoms with E-state index in [0.29, 0.717) is 20.6 Å². The highest BCUT2D eigenvalue weighted by atomic mass is 32.1. The molecule has 0 saturated carbocycles. The van der Waals surface area contributed by atoms with Gasteiger partial charge in [-0.05, 0) is 49.1 Å². The fourth-order valence-electron chi connectivity index (χ4n) is 4.69. The molecule has 3 aromatic heterocycles. The predicted molar refractivity (Wildman–Crippen MR) is 154 cm³/mol. The Labute approximate surface area is 232 Å². The number of hydrogen-bond donors (Lipinski definition) is 0. The quantitative estimate of drug-likeness (QED) is 0.286. The minimum absolute atomic E-state index is 0.216. The summed E-state index contributed by atoms with van der Waals surface area (Å²) in [6.45, 7) is 3.79. The van der Waals surface area contributed by atoms with Gasteiger partial charge in [-0.25, -0.2) is 14.5 Å². The van der Waals surface area contributed by atoms with Gasteiger partial charge in [0.25, 0.3) is 5.56 Å². The highest BCUT2D eigenvalue weighted by molar-refractivity contribution is 7.13. The number of carbonyl (C=O) groups is 1. The van der Waals surface area contributed by atoms with Crippen LogP contribution in [-0.4, -0.2) is 26.9 Å². The summed E-state index contributed by atoms with van der Waals surface area (Å²) in [6.07, 6.45) is 3.81. The summed E-state index contributed by atoms with van der Waals surface area (Å²) < 4.78 is 9.32. The zero-order valence-corrected chi connectivity index (χ0v) is 22.9. The topological polar surface area (TPSA) is 78.5 Å². The van der Waals surface area contributed by atoms with Crippen molar-refractivity contribution < 1.29 is 9.53 Å². The monoisotopic (exact) mass is 552 g/mol. The summed E-state index contributed by atoms with van der Waals surface area (Å²) in [5.41, 5.74) is 4.07. The second kappa shape index (κ2) is 10.4. The van der Waals surface area contributed by atoms with Crippen LogP contribution in [0.5, 0.6) is 0 Å². The molecule has 0 radical (unpaired) electrons. The van der Waals surface area contributed by atoms with Crippen LogP contribution in [0, 0.1) is 0 Å². The fourth-order valence-corrected chi connectivity index (χ4v) is 6.46. The fraction of sp³-hybridized carbons (Fsp3) is 0.133. The van der Waals surface area contributed by atoms with Crippen LogP contribution in [0.3, 0.4) is 0 Å². The number of aromatic nitrogens is 3. The van der Waals surface area contributed by atoms with Crippen molar-refractivity contribution in [1.29, 1.82) is 0 Å². The minimum atomic E-state index is -0.632. The van der Waals surface area contributed by atoms with E-state index in [4.69, 9.17) is 9.84 Å². The summed E-state index contributed by atoms with van der Waals surface area (Å²) in [6, 6.07) is 22.8. The van der Waals surface area contributed by atoms with Gasteiger partial charge in [0.05, 0.1) is 39.0 Å². The molecule has 1 unspecified atom stereocenters. The molecule has 0 saturated heterocycles. The molecule has 5 aromatic rings. The number of thiazole rings is 1. The number of esters is 1. The first-order valence-corrected chi connectivity index (χ1v) is 14.2. The zero-order valence-electron chi connectivity index (χ0n) is 21.3. The molecular formula is C30H24N4O3S2. The van der Waals surface area contributed by atoms with Gasteiger partial charge < -0.3 is 4.74 Å². The predicted octanol–water partition coefficient (Wildman–Crippen LogP) is 4.71.